The van der Waals surface area contributed by atoms with Crippen LogP contribution in [0, 0.1) is 96.4 Å². The molecule has 6 aromatic rings. The number of amides is 3. The minimum Gasteiger partial charge on any atom is -0.398 e. The van der Waals surface area contributed by atoms with Gasteiger partial charge in [0.15, 0.2) is 28.7 Å². The Morgan fingerprint density at radius 2 is 0.774 bits per heavy atom. The van der Waals surface area contributed by atoms with Gasteiger partial charge < -0.3 is 46.9 Å². The van der Waals surface area contributed by atoms with Crippen molar-refractivity contribution in [1.29, 1.82) is 5.26 Å². The molecule has 4 N–H and O–H groups in total. The van der Waals surface area contributed by atoms with E-state index in [9.17, 15) is 65.2 Å². The second-order valence-corrected chi connectivity index (χ2v) is 38.0. The number of nitrogens with zero attached hydrogens (tertiary/aromatic N) is 3. The largest absolute Gasteiger partial charge is 0.398 e. The molecule has 1 heterocycles. The van der Waals surface area contributed by atoms with E-state index in [1.807, 2.05) is 6.19 Å². The second kappa shape index (κ2) is 38.6. The molecule has 19 rings (SSSR count). The molecule has 3 amide bonds. The number of Topliss-reactive ketones (excluding diaryl/α,β-unsaturated/α-hetero) is 4. The molecule has 0 radical (unpaired) electrons. The van der Waals surface area contributed by atoms with Crippen LogP contribution >= 0.6 is 47.8 Å². The number of nitrogens with two attached hydrogens (primary N) is 1. The number of ether oxygens (including phenoxy) is 6. The molecule has 12 aliphatic carbocycles. The number of hydrogen-bond acceptors (Lipinski definition) is 17. The van der Waals surface area contributed by atoms with Crippen molar-refractivity contribution in [3.05, 3.63) is 211 Å². The smallest absolute Gasteiger partial charge is 0.322 e. The molecular formula is C94H104Br3F6N6O14Pd-. The van der Waals surface area contributed by atoms with Crippen LogP contribution in [0.5, 0.6) is 0 Å². The van der Waals surface area contributed by atoms with Crippen LogP contribution in [-0.2, 0) is 97.7 Å². The molecule has 0 bridgehead atoms. The van der Waals surface area contributed by atoms with Crippen LogP contribution in [0.4, 0.5) is 42.5 Å². The predicted octanol–water partition coefficient (Wildman–Crippen LogP) is 20.0. The number of rotatable bonds is 7. The van der Waals surface area contributed by atoms with Crippen LogP contribution in [0.3, 0.4) is 0 Å². The Morgan fingerprint density at radius 3 is 1.18 bits per heavy atom. The molecule has 6 aromatic carbocycles. The summed E-state index contributed by atoms with van der Waals surface area (Å²) in [6.45, 7) is 0. The van der Waals surface area contributed by atoms with E-state index in [4.69, 9.17) is 39.4 Å². The summed E-state index contributed by atoms with van der Waals surface area (Å²) in [6, 6.07) is 18.6. The van der Waals surface area contributed by atoms with Crippen LogP contribution in [0.25, 0.3) is 0 Å². The second-order valence-electron chi connectivity index (χ2n) is 35.5. The first-order chi connectivity index (χ1) is 58.3. The molecule has 124 heavy (non-hydrogen) atoms. The van der Waals surface area contributed by atoms with E-state index in [1.165, 1.54) is 36.4 Å². The number of hydrogen-bond donors (Lipinski definition) is 3. The van der Waals surface area contributed by atoms with E-state index in [0.717, 1.165) is 161 Å². The molecule has 6 saturated carbocycles. The topological polar surface area (TPSA) is 287 Å². The summed E-state index contributed by atoms with van der Waals surface area (Å²) < 4.78 is 119. The van der Waals surface area contributed by atoms with Gasteiger partial charge >= 0.3 is 6.03 Å². The standard InChI is InChI=1S/C17H18BrFN2O3.C16H16BrFN2O.C15H16BrFO2.C15H16FNO4.C15H18FNO2.C15H17FO2.CH3.Pd/c1-24-9-4-6-16(7-5-9)8-10-12(19)3-2-11(18)13(10)17(16)14(22)20-15(23)21-17;1-21-10-4-6-16(7-5-10)8-11-13(18)3-2-12(17)14(11)15(16)20-9-19;1-19-9-4-6-15(7-5-9)8-10-12(17)3-2-11(16)13(10)14(15)18;1-21-9-4-6-15(7-5-9)8-10-11(16)2-3-12(17(19)20)13(10)14(15)18;1-19-9-4-6-15(7-5-9)8-10-11(16)2-3-12(17)13(10)14(15)18;1-18-10-5-7-15(8-6-10)9-12-11(14(15)17)3-2-4-13(12)16;;/h2-3,9H,4-8H2,1H3,(H2,20,21,22,23);2-3,10H,4-8H2,1H3;2-3,9H,4-8H2,1H3;2-3,9H,4-8H2,1H3;2-3,9H,4-8,17H2,1H3;2-4,10H,5-9H2,1H3;1H3;/q;;;;;;-1;. The fraction of sp³-hybridized carbons (Fsp3) is 0.521. The van der Waals surface area contributed by atoms with Crippen molar-refractivity contribution in [1.82, 2.24) is 10.6 Å². The maximum absolute atomic E-state index is 14.5. The van der Waals surface area contributed by atoms with E-state index in [-0.39, 0.29) is 162 Å². The minimum atomic E-state index is -1.21. The Bertz CT molecular complexity index is 5120. The first-order valence-corrected chi connectivity index (χ1v) is 44.4. The molecule has 1 unspecified atom stereocenters. The average Bonchev–Trinajstić information content (AvgIpc) is 1.52. The number of carbonyl (C=O) groups excluding carboxylic acids is 6. The molecule has 668 valence electrons. The van der Waals surface area contributed by atoms with Crippen LogP contribution in [0.15, 0.2) is 97.3 Å². The van der Waals surface area contributed by atoms with E-state index in [1.54, 1.807) is 73.0 Å². The van der Waals surface area contributed by atoms with Gasteiger partial charge in [-0.15, -0.1) is 0 Å². The third kappa shape index (κ3) is 17.3. The van der Waals surface area contributed by atoms with Crippen molar-refractivity contribution in [2.75, 3.05) is 48.4 Å². The first-order valence-electron chi connectivity index (χ1n) is 42.0. The molecule has 7 spiro atoms. The number of nitrogens with one attached hydrogen (secondary N) is 2. The molecular weight excluding hydrogens is 1900 g/mol. The Labute approximate surface area is 757 Å². The van der Waals surface area contributed by atoms with Gasteiger partial charge in [0.1, 0.15) is 40.5 Å². The van der Waals surface area contributed by atoms with Crippen molar-refractivity contribution in [3.63, 3.8) is 0 Å². The number of nitro groups is 1. The van der Waals surface area contributed by atoms with Crippen LogP contribution in [0.2, 0.25) is 0 Å². The third-order valence-corrected chi connectivity index (χ3v) is 31.7. The number of methoxy groups -OCH3 is 6. The van der Waals surface area contributed by atoms with Gasteiger partial charge in [-0.1, -0.05) is 59.9 Å². The summed E-state index contributed by atoms with van der Waals surface area (Å²) in [5.41, 5.74) is 9.05. The zero-order chi connectivity index (χ0) is 87.3. The number of nitriles is 1. The van der Waals surface area contributed by atoms with E-state index in [2.05, 4.69) is 63.4 Å². The molecule has 1 saturated heterocycles. The number of nitro benzene ring substituents is 1. The van der Waals surface area contributed by atoms with Gasteiger partial charge in [-0.05, 0) is 270 Å². The van der Waals surface area contributed by atoms with Gasteiger partial charge in [-0.25, -0.2) is 31.1 Å². The number of aliphatic imine (C=N–C) groups is 1. The number of benzene rings is 6. The van der Waals surface area contributed by atoms with Crippen molar-refractivity contribution in [2.24, 2.45) is 37.5 Å². The number of imide groups is 1. The zero-order valence-electron chi connectivity index (χ0n) is 70.5. The van der Waals surface area contributed by atoms with Crippen molar-refractivity contribution in [3.8, 4) is 6.19 Å². The summed E-state index contributed by atoms with van der Waals surface area (Å²) in [7, 11) is 10.2. The fourth-order valence-electron chi connectivity index (χ4n) is 22.7. The number of carbonyl (C=O) groups is 6. The van der Waals surface area contributed by atoms with Crippen LogP contribution in [0.1, 0.15) is 240 Å². The third-order valence-electron chi connectivity index (χ3n) is 29.7. The monoisotopic (exact) mass is 2000 g/mol. The summed E-state index contributed by atoms with van der Waals surface area (Å²) in [4.78, 5) is 90.1. The van der Waals surface area contributed by atoms with Gasteiger partial charge in [0, 0.05) is 165 Å². The van der Waals surface area contributed by atoms with Gasteiger partial charge in [0.2, 0.25) is 6.19 Å². The Morgan fingerprint density at radius 1 is 0.435 bits per heavy atom. The summed E-state index contributed by atoms with van der Waals surface area (Å²) in [6.07, 6.45) is 25.4. The van der Waals surface area contributed by atoms with E-state index >= 15 is 0 Å². The number of ketones is 4. The molecule has 13 aliphatic rings. The SMILES string of the molecule is COC1CCC2(CC1)Cc1c(F)ccc(Br)c1C21NC(=O)NC1=O.COC1CCC2(CC1)Cc1c(F)ccc(Br)c1C2=NC#N.COC1CCC2(CC1)Cc1c(F)ccc(Br)c1C2=O.COC1CCC2(CC1)Cc1c(F)ccc(N)c1C2=O.COC1CCC2(CC1)Cc1c(F)ccc([N+](=O)[O-])c1C2=O.COC1CCC2(CC1)Cc1c(F)cccc1C2=O.[CH3-].[Pd]. The quantitative estimate of drug-likeness (QED) is 0.0196. The molecule has 1 aliphatic heterocycles. The number of fused-ring (bicyclic) bond motifs is 8. The summed E-state index contributed by atoms with van der Waals surface area (Å²) in [5.74, 6) is -2.19. The van der Waals surface area contributed by atoms with Crippen molar-refractivity contribution in [2.45, 2.75) is 235 Å². The molecule has 20 nitrogen and oxygen atoms in total. The minimum absolute atomic E-state index is 0. The normalized spacial score (nSPS) is 30.0. The number of nitrogen functional groups attached to an aromatic ring is 1. The molecule has 1 atom stereocenters. The fourth-order valence-corrected chi connectivity index (χ4v) is 24.5. The van der Waals surface area contributed by atoms with E-state index < -0.39 is 38.6 Å². The van der Waals surface area contributed by atoms with Crippen molar-refractivity contribution < 1.29 is 109 Å². The van der Waals surface area contributed by atoms with Crippen LogP contribution < -0.4 is 16.4 Å². The van der Waals surface area contributed by atoms with Gasteiger partial charge in [0.05, 0.1) is 47.3 Å². The Balaban J connectivity index is 0.000000136. The number of urea groups is 1. The average molecular weight is 2000 g/mol. The number of halogens is 9. The summed E-state index contributed by atoms with van der Waals surface area (Å²) in [5, 5.41) is 25.4. The number of anilines is 1. The first kappa shape index (κ1) is 95.8. The van der Waals surface area contributed by atoms with Gasteiger partial charge in [0.25, 0.3) is 11.6 Å². The Hall–Kier alpha value is -7.26. The predicted molar refractivity (Wildman–Crippen MR) is 459 cm³/mol. The molecule has 7 fully saturated rings. The maximum Gasteiger partial charge on any atom is 0.322 e. The van der Waals surface area contributed by atoms with Gasteiger partial charge in [-0.2, -0.15) is 10.3 Å². The van der Waals surface area contributed by atoms with Crippen LogP contribution in [-0.4, -0.2) is 125 Å². The summed E-state index contributed by atoms with van der Waals surface area (Å²) >= 11 is 10.3. The van der Waals surface area contributed by atoms with Crippen molar-refractivity contribution >= 4 is 99.9 Å². The molecule has 30 heteroatoms. The van der Waals surface area contributed by atoms with Gasteiger partial charge in [-0.3, -0.25) is 39.4 Å². The Kier molecular flexibility index (Phi) is 29.8. The zero-order valence-corrected chi connectivity index (χ0v) is 76.8. The maximum atomic E-state index is 14.5. The van der Waals surface area contributed by atoms with E-state index in [0.29, 0.717) is 118 Å². The molecule has 0 aromatic heterocycles.